The molecule has 2 fully saturated rings. The fraction of sp³-hybridized carbons (Fsp3) is 0.667. The molecule has 2 aliphatic rings. The van der Waals surface area contributed by atoms with Crippen molar-refractivity contribution in [2.45, 2.75) is 24.9 Å². The van der Waals surface area contributed by atoms with Crippen molar-refractivity contribution in [3.63, 3.8) is 0 Å². The van der Waals surface area contributed by atoms with Crippen LogP contribution in [0.5, 0.6) is 11.6 Å². The summed E-state index contributed by atoms with van der Waals surface area (Å²) in [5, 5.41) is 0. The van der Waals surface area contributed by atoms with Crippen molar-refractivity contribution in [3.8, 4) is 11.6 Å². The Bertz CT molecular complexity index is 500. The summed E-state index contributed by atoms with van der Waals surface area (Å²) in [7, 11) is 4.25. The summed E-state index contributed by atoms with van der Waals surface area (Å²) in [4.78, 5) is 9.00. The maximum atomic E-state index is 5.91. The second-order valence-corrected chi connectivity index (χ2v) is 6.72. The molecule has 0 aromatic carbocycles. The summed E-state index contributed by atoms with van der Waals surface area (Å²) in [6.07, 6.45) is 2.39. The smallest absolute Gasteiger partial charge is 0.258 e. The SMILES string of the molecule is CN1CC[C@H]1COc1ccc(Br)nc1OC[C@@H]1CCN1C. The van der Waals surface area contributed by atoms with E-state index < -0.39 is 0 Å². The van der Waals surface area contributed by atoms with Crippen LogP contribution in [0.15, 0.2) is 16.7 Å². The Morgan fingerprint density at radius 2 is 1.71 bits per heavy atom. The van der Waals surface area contributed by atoms with Gasteiger partial charge in [0.2, 0.25) is 0 Å². The zero-order valence-electron chi connectivity index (χ0n) is 12.6. The second-order valence-electron chi connectivity index (χ2n) is 5.91. The Morgan fingerprint density at radius 3 is 2.24 bits per heavy atom. The van der Waals surface area contributed by atoms with Crippen LogP contribution in [-0.4, -0.2) is 67.3 Å². The number of nitrogens with zero attached hydrogens (tertiary/aromatic N) is 3. The zero-order valence-corrected chi connectivity index (χ0v) is 14.2. The minimum Gasteiger partial charge on any atom is -0.486 e. The molecule has 0 unspecified atom stereocenters. The molecule has 1 aromatic rings. The van der Waals surface area contributed by atoms with E-state index in [9.17, 15) is 0 Å². The molecule has 2 saturated heterocycles. The second kappa shape index (κ2) is 6.50. The summed E-state index contributed by atoms with van der Waals surface area (Å²) < 4.78 is 12.6. The third-order valence-corrected chi connectivity index (χ3v) is 4.95. The molecular formula is C15H22BrN3O2. The molecule has 0 spiro atoms. The van der Waals surface area contributed by atoms with Crippen molar-refractivity contribution in [2.24, 2.45) is 0 Å². The van der Waals surface area contributed by atoms with Crippen LogP contribution in [-0.2, 0) is 0 Å². The number of aromatic nitrogens is 1. The Hall–Kier alpha value is -0.850. The Morgan fingerprint density at radius 1 is 1.10 bits per heavy atom. The van der Waals surface area contributed by atoms with Crippen LogP contribution in [0.4, 0.5) is 0 Å². The molecule has 3 heterocycles. The van der Waals surface area contributed by atoms with Gasteiger partial charge in [0.25, 0.3) is 5.88 Å². The van der Waals surface area contributed by atoms with E-state index >= 15 is 0 Å². The van der Waals surface area contributed by atoms with Crippen molar-refractivity contribution >= 4 is 15.9 Å². The fourth-order valence-corrected chi connectivity index (χ4v) is 2.83. The van der Waals surface area contributed by atoms with Crippen molar-refractivity contribution in [2.75, 3.05) is 40.4 Å². The number of likely N-dealkylation sites (tertiary alicyclic amines) is 2. The molecule has 0 saturated carbocycles. The molecule has 3 rings (SSSR count). The highest BCUT2D eigenvalue weighted by Crippen LogP contribution is 2.29. The maximum absolute atomic E-state index is 5.91. The van der Waals surface area contributed by atoms with Gasteiger partial charge in [-0.3, -0.25) is 9.80 Å². The van der Waals surface area contributed by atoms with E-state index in [1.165, 1.54) is 12.8 Å². The molecular weight excluding hydrogens is 334 g/mol. The molecule has 21 heavy (non-hydrogen) atoms. The van der Waals surface area contributed by atoms with E-state index in [2.05, 4.69) is 44.8 Å². The molecule has 5 nitrogen and oxygen atoms in total. The molecule has 116 valence electrons. The summed E-state index contributed by atoms with van der Waals surface area (Å²) in [5.74, 6) is 1.33. The number of rotatable bonds is 6. The number of hydrogen-bond acceptors (Lipinski definition) is 5. The fourth-order valence-electron chi connectivity index (χ4n) is 2.54. The third kappa shape index (κ3) is 3.49. The van der Waals surface area contributed by atoms with Gasteiger partial charge in [-0.15, -0.1) is 0 Å². The van der Waals surface area contributed by atoms with Crippen LogP contribution in [0, 0.1) is 0 Å². The first-order valence-corrected chi connectivity index (χ1v) is 8.25. The van der Waals surface area contributed by atoms with E-state index in [0.29, 0.717) is 31.2 Å². The first-order chi connectivity index (χ1) is 10.1. The lowest BCUT2D eigenvalue weighted by atomic mass is 10.1. The van der Waals surface area contributed by atoms with Crippen LogP contribution in [0.2, 0.25) is 0 Å². The van der Waals surface area contributed by atoms with Gasteiger partial charge in [-0.1, -0.05) is 0 Å². The number of pyridine rings is 1. The molecule has 0 aliphatic carbocycles. The standard InChI is InChI=1S/C15H22BrN3O2/c1-18-7-5-11(18)9-20-13-3-4-14(16)17-15(13)21-10-12-6-8-19(12)2/h3-4,11-12H,5-10H2,1-2H3/t11-,12-/m0/s1. The van der Waals surface area contributed by atoms with Gasteiger partial charge in [0.1, 0.15) is 17.8 Å². The van der Waals surface area contributed by atoms with Crippen LogP contribution >= 0.6 is 15.9 Å². The first-order valence-electron chi connectivity index (χ1n) is 7.46. The molecule has 2 aliphatic heterocycles. The van der Waals surface area contributed by atoms with E-state index in [4.69, 9.17) is 9.47 Å². The summed E-state index contributed by atoms with van der Waals surface area (Å²) >= 11 is 3.40. The van der Waals surface area contributed by atoms with Gasteiger partial charge in [-0.2, -0.15) is 0 Å². The highest BCUT2D eigenvalue weighted by molar-refractivity contribution is 9.10. The largest absolute Gasteiger partial charge is 0.486 e. The lowest BCUT2D eigenvalue weighted by Crippen LogP contribution is -2.48. The predicted octanol–water partition coefficient (Wildman–Crippen LogP) is 2.01. The molecule has 0 amide bonds. The first kappa shape index (κ1) is 15.1. The van der Waals surface area contributed by atoms with Gasteiger partial charge in [-0.05, 0) is 68.1 Å². The van der Waals surface area contributed by atoms with Crippen LogP contribution in [0.25, 0.3) is 0 Å². The Labute approximate surface area is 134 Å². The van der Waals surface area contributed by atoms with Gasteiger partial charge in [-0.25, -0.2) is 4.98 Å². The molecule has 0 N–H and O–H groups in total. The highest BCUT2D eigenvalue weighted by Gasteiger charge is 2.27. The van der Waals surface area contributed by atoms with Crippen LogP contribution in [0.1, 0.15) is 12.8 Å². The maximum Gasteiger partial charge on any atom is 0.258 e. The molecule has 1 aromatic heterocycles. The van der Waals surface area contributed by atoms with E-state index in [-0.39, 0.29) is 0 Å². The number of hydrogen-bond donors (Lipinski definition) is 0. The Balaban J connectivity index is 1.59. The van der Waals surface area contributed by atoms with Crippen LogP contribution < -0.4 is 9.47 Å². The van der Waals surface area contributed by atoms with Crippen molar-refractivity contribution in [1.82, 2.24) is 14.8 Å². The molecule has 6 heteroatoms. The van der Waals surface area contributed by atoms with E-state index in [1.807, 2.05) is 12.1 Å². The van der Waals surface area contributed by atoms with Crippen molar-refractivity contribution < 1.29 is 9.47 Å². The average molecular weight is 356 g/mol. The molecule has 0 radical (unpaired) electrons. The monoisotopic (exact) mass is 355 g/mol. The number of halogens is 1. The minimum absolute atomic E-state index is 0.497. The lowest BCUT2D eigenvalue weighted by Gasteiger charge is -2.38. The summed E-state index contributed by atoms with van der Waals surface area (Å²) in [5.41, 5.74) is 0. The van der Waals surface area contributed by atoms with Gasteiger partial charge in [0, 0.05) is 12.1 Å². The van der Waals surface area contributed by atoms with Gasteiger partial charge < -0.3 is 9.47 Å². The Kier molecular flexibility index (Phi) is 4.66. The highest BCUT2D eigenvalue weighted by atomic mass is 79.9. The van der Waals surface area contributed by atoms with E-state index in [1.54, 1.807) is 0 Å². The topological polar surface area (TPSA) is 37.8 Å². The van der Waals surface area contributed by atoms with Gasteiger partial charge >= 0.3 is 0 Å². The third-order valence-electron chi connectivity index (χ3n) is 4.51. The number of likely N-dealkylation sites (N-methyl/N-ethyl adjacent to an activating group) is 2. The van der Waals surface area contributed by atoms with E-state index in [0.717, 1.165) is 23.4 Å². The minimum atomic E-state index is 0.497. The van der Waals surface area contributed by atoms with Gasteiger partial charge in [0.05, 0.1) is 0 Å². The molecule has 0 bridgehead atoms. The average Bonchev–Trinajstić information content (AvgIpc) is 2.46. The van der Waals surface area contributed by atoms with Gasteiger partial charge in [0.15, 0.2) is 5.75 Å². The summed E-state index contributed by atoms with van der Waals surface area (Å²) in [6.45, 7) is 3.67. The zero-order chi connectivity index (χ0) is 14.8. The lowest BCUT2D eigenvalue weighted by molar-refractivity contribution is 0.0645. The normalized spacial score (nSPS) is 26.0. The predicted molar refractivity (Wildman–Crippen MR) is 85.0 cm³/mol. The number of ether oxygens (including phenoxy) is 2. The molecule has 2 atom stereocenters. The van der Waals surface area contributed by atoms with Crippen molar-refractivity contribution in [1.29, 1.82) is 0 Å². The quantitative estimate of drug-likeness (QED) is 0.729. The summed E-state index contributed by atoms with van der Waals surface area (Å²) in [6, 6.07) is 4.83. The van der Waals surface area contributed by atoms with Crippen LogP contribution in [0.3, 0.4) is 0 Å². The van der Waals surface area contributed by atoms with Crippen molar-refractivity contribution in [3.05, 3.63) is 16.7 Å².